The molecule has 104 valence electrons. The summed E-state index contributed by atoms with van der Waals surface area (Å²) in [7, 11) is 0. The largest absolute Gasteiger partial charge is 0.397 e. The summed E-state index contributed by atoms with van der Waals surface area (Å²) in [6.45, 7) is 7.87. The third kappa shape index (κ3) is 3.26. The minimum absolute atomic E-state index is 0.304. The van der Waals surface area contributed by atoms with Gasteiger partial charge in [-0.2, -0.15) is 5.10 Å². The van der Waals surface area contributed by atoms with Crippen molar-refractivity contribution in [2.75, 3.05) is 0 Å². The lowest BCUT2D eigenvalue weighted by Crippen LogP contribution is -2.20. The Hall–Kier alpha value is -2.56. The maximum absolute atomic E-state index is 6.07. The van der Waals surface area contributed by atoms with Crippen LogP contribution < -0.4 is 11.1 Å². The van der Waals surface area contributed by atoms with Gasteiger partial charge >= 0.3 is 0 Å². The number of nitrogens with one attached hydrogen (secondary N) is 1. The first-order valence-corrected chi connectivity index (χ1v) is 6.46. The molecule has 5 heteroatoms. The van der Waals surface area contributed by atoms with Crippen LogP contribution in [0.5, 0.6) is 0 Å². The zero-order valence-electron chi connectivity index (χ0n) is 11.7. The van der Waals surface area contributed by atoms with Gasteiger partial charge in [0, 0.05) is 12.3 Å². The van der Waals surface area contributed by atoms with Gasteiger partial charge in [0.25, 0.3) is 0 Å². The zero-order valence-corrected chi connectivity index (χ0v) is 11.7. The van der Waals surface area contributed by atoms with Gasteiger partial charge in [0.1, 0.15) is 5.82 Å². The van der Waals surface area contributed by atoms with Crippen LogP contribution in [0.3, 0.4) is 0 Å². The Morgan fingerprint density at radius 1 is 1.45 bits per heavy atom. The molecule has 0 radical (unpaired) electrons. The molecular formula is C15H19N5. The summed E-state index contributed by atoms with van der Waals surface area (Å²) in [5.74, 6) is 0.612. The van der Waals surface area contributed by atoms with Crippen LogP contribution in [0, 0.1) is 0 Å². The fourth-order valence-corrected chi connectivity index (χ4v) is 1.83. The number of allylic oxidation sites excluding steroid dienone is 1. The summed E-state index contributed by atoms with van der Waals surface area (Å²) in [6.07, 6.45) is 5.12. The number of nitrogens with two attached hydrogens (primary N) is 1. The Balaban J connectivity index is 2.17. The lowest BCUT2D eigenvalue weighted by Gasteiger charge is -2.07. The summed E-state index contributed by atoms with van der Waals surface area (Å²) in [5, 5.41) is 7.35. The van der Waals surface area contributed by atoms with E-state index in [9.17, 15) is 0 Å². The number of pyridine rings is 1. The smallest absolute Gasteiger partial charge is 0.118 e. The summed E-state index contributed by atoms with van der Waals surface area (Å²) in [5.41, 5.74) is 8.50. The molecule has 2 aromatic heterocycles. The third-order valence-corrected chi connectivity index (χ3v) is 2.66. The van der Waals surface area contributed by atoms with E-state index in [0.29, 0.717) is 17.6 Å². The quantitative estimate of drug-likeness (QED) is 0.817. The first-order chi connectivity index (χ1) is 9.58. The number of hydrogen-bond acceptors (Lipinski definition) is 4. The molecule has 0 amide bonds. The molecule has 20 heavy (non-hydrogen) atoms. The van der Waals surface area contributed by atoms with Crippen molar-refractivity contribution in [3.63, 3.8) is 0 Å². The summed E-state index contributed by atoms with van der Waals surface area (Å²) in [6, 6.07) is 8.08. The topological polar surface area (TPSA) is 67.7 Å². The molecule has 2 heterocycles. The van der Waals surface area contributed by atoms with E-state index in [2.05, 4.69) is 22.0 Å². The molecule has 0 aliphatic rings. The second kappa shape index (κ2) is 6.06. The molecule has 0 saturated carbocycles. The molecular weight excluding hydrogens is 250 g/mol. The first-order valence-electron chi connectivity index (χ1n) is 6.46. The highest BCUT2D eigenvalue weighted by Gasteiger charge is 2.02. The van der Waals surface area contributed by atoms with Gasteiger partial charge in [0.05, 0.1) is 23.1 Å². The number of nitrogens with zero attached hydrogens (tertiary/aromatic N) is 3. The highest BCUT2D eigenvalue weighted by Crippen LogP contribution is 2.11. The molecule has 3 N–H and O–H groups in total. The van der Waals surface area contributed by atoms with Crippen molar-refractivity contribution in [1.82, 2.24) is 14.9 Å². The Labute approximate surface area is 118 Å². The van der Waals surface area contributed by atoms with Crippen molar-refractivity contribution in [3.05, 3.63) is 54.6 Å². The highest BCUT2D eigenvalue weighted by molar-refractivity contribution is 5.83. The van der Waals surface area contributed by atoms with E-state index in [1.165, 1.54) is 0 Å². The maximum atomic E-state index is 6.07. The maximum Gasteiger partial charge on any atom is 0.118 e. The van der Waals surface area contributed by atoms with Crippen LogP contribution in [0.2, 0.25) is 0 Å². The Bertz CT molecular complexity index is 664. The van der Waals surface area contributed by atoms with Crippen molar-refractivity contribution in [2.24, 2.45) is 10.7 Å². The standard InChI is InChI=1S/C15H19N5/c1-11(2)19-12(3)17-9-8-14(16)15-6-4-5-13-7-10-18-20(13)15/h4-11,19H,3,16H2,1-2H3/b14-8-,17-9-. The van der Waals surface area contributed by atoms with Crippen LogP contribution in [0.1, 0.15) is 19.5 Å². The van der Waals surface area contributed by atoms with Gasteiger partial charge in [-0.15, -0.1) is 0 Å². The van der Waals surface area contributed by atoms with E-state index < -0.39 is 0 Å². The van der Waals surface area contributed by atoms with E-state index in [1.807, 2.05) is 38.1 Å². The lowest BCUT2D eigenvalue weighted by atomic mass is 10.2. The minimum Gasteiger partial charge on any atom is -0.397 e. The molecule has 0 unspecified atom stereocenters. The fraction of sp³-hybridized carbons (Fsp3) is 0.200. The van der Waals surface area contributed by atoms with Crippen molar-refractivity contribution < 1.29 is 0 Å². The normalized spacial score (nSPS) is 12.4. The van der Waals surface area contributed by atoms with Crippen molar-refractivity contribution in [2.45, 2.75) is 19.9 Å². The molecule has 0 fully saturated rings. The molecule has 0 bridgehead atoms. The Kier molecular flexibility index (Phi) is 4.20. The molecule has 0 aliphatic heterocycles. The van der Waals surface area contributed by atoms with Crippen LogP contribution in [-0.2, 0) is 0 Å². The van der Waals surface area contributed by atoms with E-state index in [-0.39, 0.29) is 0 Å². The molecule has 0 aromatic carbocycles. The summed E-state index contributed by atoms with van der Waals surface area (Å²) < 4.78 is 1.79. The van der Waals surface area contributed by atoms with Crippen molar-refractivity contribution in [3.8, 4) is 0 Å². The van der Waals surface area contributed by atoms with Crippen LogP contribution in [-0.4, -0.2) is 21.9 Å². The number of aromatic nitrogens is 2. The molecule has 0 atom stereocenters. The van der Waals surface area contributed by atoms with Crippen molar-refractivity contribution in [1.29, 1.82) is 0 Å². The van der Waals surface area contributed by atoms with Gasteiger partial charge in [0.15, 0.2) is 0 Å². The Morgan fingerprint density at radius 3 is 3.00 bits per heavy atom. The van der Waals surface area contributed by atoms with Crippen LogP contribution in [0.25, 0.3) is 11.2 Å². The van der Waals surface area contributed by atoms with Gasteiger partial charge in [-0.05, 0) is 38.1 Å². The molecule has 2 rings (SSSR count). The molecule has 0 aliphatic carbocycles. The van der Waals surface area contributed by atoms with Gasteiger partial charge < -0.3 is 11.1 Å². The number of aliphatic imine (C=N–C) groups is 1. The second-order valence-corrected chi connectivity index (χ2v) is 4.72. The van der Waals surface area contributed by atoms with E-state index in [0.717, 1.165) is 11.2 Å². The van der Waals surface area contributed by atoms with E-state index in [1.54, 1.807) is 23.0 Å². The number of rotatable bonds is 5. The lowest BCUT2D eigenvalue weighted by molar-refractivity contribution is 0.666. The Morgan fingerprint density at radius 2 is 2.25 bits per heavy atom. The third-order valence-electron chi connectivity index (χ3n) is 2.66. The average Bonchev–Trinajstić information content (AvgIpc) is 2.85. The first kappa shape index (κ1) is 13.9. The van der Waals surface area contributed by atoms with Crippen molar-refractivity contribution >= 4 is 17.4 Å². The molecule has 5 nitrogen and oxygen atoms in total. The van der Waals surface area contributed by atoms with Gasteiger partial charge in [-0.3, -0.25) is 0 Å². The van der Waals surface area contributed by atoms with Crippen LogP contribution in [0.15, 0.2) is 53.9 Å². The van der Waals surface area contributed by atoms with E-state index >= 15 is 0 Å². The predicted octanol–water partition coefficient (Wildman–Crippen LogP) is 2.17. The zero-order chi connectivity index (χ0) is 14.5. The SMILES string of the molecule is C=C(/N=C\C=C(/N)c1cccc2ccnn12)NC(C)C. The number of hydrogen-bond donors (Lipinski definition) is 2. The van der Waals surface area contributed by atoms with Crippen LogP contribution in [0.4, 0.5) is 0 Å². The van der Waals surface area contributed by atoms with Crippen LogP contribution >= 0.6 is 0 Å². The average molecular weight is 269 g/mol. The summed E-state index contributed by atoms with van der Waals surface area (Å²) >= 11 is 0. The molecule has 0 spiro atoms. The van der Waals surface area contributed by atoms with Gasteiger partial charge in [-0.1, -0.05) is 12.6 Å². The fourth-order valence-electron chi connectivity index (χ4n) is 1.83. The predicted molar refractivity (Wildman–Crippen MR) is 83.3 cm³/mol. The minimum atomic E-state index is 0.304. The second-order valence-electron chi connectivity index (χ2n) is 4.72. The molecule has 2 aromatic rings. The number of fused-ring (bicyclic) bond motifs is 1. The highest BCUT2D eigenvalue weighted by atomic mass is 15.2. The summed E-state index contributed by atoms with van der Waals surface area (Å²) in [4.78, 5) is 4.18. The van der Waals surface area contributed by atoms with Gasteiger partial charge in [-0.25, -0.2) is 9.51 Å². The monoisotopic (exact) mass is 269 g/mol. The molecule has 0 saturated heterocycles. The van der Waals surface area contributed by atoms with E-state index in [4.69, 9.17) is 5.73 Å². The van der Waals surface area contributed by atoms with Gasteiger partial charge in [0.2, 0.25) is 0 Å².